The average molecular weight is 642 g/mol. The van der Waals surface area contributed by atoms with Gasteiger partial charge in [0.25, 0.3) is 0 Å². The Morgan fingerprint density at radius 3 is 0.556 bits per heavy atom. The second kappa shape index (κ2) is 9.81. The van der Waals surface area contributed by atoms with Crippen LogP contribution < -0.4 is 0 Å². The molecule has 1 saturated carbocycles. The molecule has 6 heteroatoms. The van der Waals surface area contributed by atoms with Crippen LogP contribution in [0.4, 0.5) is 0 Å². The summed E-state index contributed by atoms with van der Waals surface area (Å²) < 4.78 is 0. The van der Waals surface area contributed by atoms with Gasteiger partial charge in [-0.15, -0.1) is 0 Å². The molecule has 0 heterocycles. The largest absolute Gasteiger partial charge is 0.0879 e. The highest BCUT2D eigenvalue weighted by Crippen LogP contribution is 2.34. The van der Waals surface area contributed by atoms with Crippen molar-refractivity contribution in [2.24, 2.45) is 0 Å². The third-order valence-corrected chi connectivity index (χ3v) is 12.0. The second-order valence-electron chi connectivity index (χ2n) is 4.83. The van der Waals surface area contributed by atoms with Crippen molar-refractivity contribution in [2.45, 2.75) is 67.5 Å². The molecule has 18 heavy (non-hydrogen) atoms. The van der Waals surface area contributed by atoms with Gasteiger partial charge in [0, 0.05) is 29.0 Å². The fraction of sp³-hybridized carbons (Fsp3) is 1.00. The van der Waals surface area contributed by atoms with Crippen LogP contribution in [0.5, 0.6) is 0 Å². The van der Waals surface area contributed by atoms with E-state index in [1.165, 1.54) is 38.5 Å². The fourth-order valence-electron chi connectivity index (χ4n) is 2.04. The van der Waals surface area contributed by atoms with E-state index in [1.54, 1.807) is 0 Å². The van der Waals surface area contributed by atoms with Crippen LogP contribution in [0.15, 0.2) is 0 Å². The molecule has 0 bridgehead atoms. The highest BCUT2D eigenvalue weighted by Gasteiger charge is 2.25. The quantitative estimate of drug-likeness (QED) is 0.252. The van der Waals surface area contributed by atoms with Crippen molar-refractivity contribution in [1.29, 1.82) is 0 Å². The number of halogens is 6. The Morgan fingerprint density at radius 2 is 0.444 bits per heavy atom. The van der Waals surface area contributed by atoms with Crippen molar-refractivity contribution in [3.8, 4) is 0 Å². The van der Waals surface area contributed by atoms with Gasteiger partial charge in [0.05, 0.1) is 0 Å². The lowest BCUT2D eigenvalue weighted by molar-refractivity contribution is 0.557. The monoisotopic (exact) mass is 636 g/mol. The molecule has 6 atom stereocenters. The Labute approximate surface area is 161 Å². The predicted molar refractivity (Wildman–Crippen MR) is 104 cm³/mol. The Hall–Kier alpha value is 2.88. The SMILES string of the molecule is BrC1CC[C@H](Br)[C@H](Br)CC[C@@H](Br)[C@H](Br)CC[C@H]1Br. The molecule has 0 aromatic rings. The maximum atomic E-state index is 3.82. The first-order valence-electron chi connectivity index (χ1n) is 6.26. The van der Waals surface area contributed by atoms with E-state index in [0.29, 0.717) is 29.0 Å². The zero-order valence-electron chi connectivity index (χ0n) is 9.97. The Bertz CT molecular complexity index is 175. The zero-order valence-corrected chi connectivity index (χ0v) is 19.5. The van der Waals surface area contributed by atoms with E-state index in [0.717, 1.165) is 0 Å². The molecule has 1 aliphatic carbocycles. The van der Waals surface area contributed by atoms with Gasteiger partial charge >= 0.3 is 0 Å². The Morgan fingerprint density at radius 1 is 0.333 bits per heavy atom. The summed E-state index contributed by atoms with van der Waals surface area (Å²) in [5, 5.41) is 0. The summed E-state index contributed by atoms with van der Waals surface area (Å²) in [4.78, 5) is 3.36. The van der Waals surface area contributed by atoms with Gasteiger partial charge in [-0.25, -0.2) is 0 Å². The van der Waals surface area contributed by atoms with E-state index in [1.807, 2.05) is 0 Å². The molecule has 1 aliphatic rings. The van der Waals surface area contributed by atoms with Crippen LogP contribution in [0.1, 0.15) is 38.5 Å². The van der Waals surface area contributed by atoms with Crippen molar-refractivity contribution in [3.63, 3.8) is 0 Å². The van der Waals surface area contributed by atoms with E-state index in [-0.39, 0.29) is 0 Å². The second-order valence-corrected chi connectivity index (χ2v) is 11.9. The van der Waals surface area contributed by atoms with Crippen LogP contribution >= 0.6 is 95.6 Å². The van der Waals surface area contributed by atoms with Crippen LogP contribution in [-0.4, -0.2) is 29.0 Å². The summed E-state index contributed by atoms with van der Waals surface area (Å²) in [6, 6.07) is 0. The smallest absolute Gasteiger partial charge is 0.0271 e. The minimum Gasteiger partial charge on any atom is -0.0879 e. The number of hydrogen-bond donors (Lipinski definition) is 0. The van der Waals surface area contributed by atoms with Gasteiger partial charge in [-0.1, -0.05) is 95.6 Å². The molecule has 0 saturated heterocycles. The summed E-state index contributed by atoms with van der Waals surface area (Å²) in [5.74, 6) is 0. The van der Waals surface area contributed by atoms with Gasteiger partial charge in [-0.2, -0.15) is 0 Å². The van der Waals surface area contributed by atoms with Gasteiger partial charge in [0.1, 0.15) is 0 Å². The highest BCUT2D eigenvalue weighted by atomic mass is 79.9. The number of rotatable bonds is 0. The molecule has 0 radical (unpaired) electrons. The van der Waals surface area contributed by atoms with Crippen LogP contribution in [0, 0.1) is 0 Å². The highest BCUT2D eigenvalue weighted by molar-refractivity contribution is 9.13. The molecule has 108 valence electrons. The first-order chi connectivity index (χ1) is 8.41. The lowest BCUT2D eigenvalue weighted by Gasteiger charge is -2.25. The van der Waals surface area contributed by atoms with Crippen LogP contribution in [-0.2, 0) is 0 Å². The molecule has 0 aliphatic heterocycles. The summed E-state index contributed by atoms with van der Waals surface area (Å²) in [5.41, 5.74) is 0. The van der Waals surface area contributed by atoms with Gasteiger partial charge in [0.2, 0.25) is 0 Å². The zero-order chi connectivity index (χ0) is 13.7. The van der Waals surface area contributed by atoms with Gasteiger partial charge in [0.15, 0.2) is 0 Å². The van der Waals surface area contributed by atoms with E-state index < -0.39 is 0 Å². The molecule has 0 spiro atoms. The van der Waals surface area contributed by atoms with Crippen molar-refractivity contribution in [2.75, 3.05) is 0 Å². The van der Waals surface area contributed by atoms with Crippen molar-refractivity contribution in [3.05, 3.63) is 0 Å². The Balaban J connectivity index is 2.61. The van der Waals surface area contributed by atoms with Gasteiger partial charge < -0.3 is 0 Å². The molecule has 0 N–H and O–H groups in total. The van der Waals surface area contributed by atoms with E-state index in [9.17, 15) is 0 Å². The lowest BCUT2D eigenvalue weighted by atomic mass is 10.0. The fourth-order valence-corrected chi connectivity index (χ4v) is 5.21. The lowest BCUT2D eigenvalue weighted by Crippen LogP contribution is -2.25. The maximum absolute atomic E-state index is 3.82. The molecule has 1 unspecified atom stereocenters. The van der Waals surface area contributed by atoms with Crippen molar-refractivity contribution < 1.29 is 0 Å². The van der Waals surface area contributed by atoms with Crippen LogP contribution in [0.3, 0.4) is 0 Å². The van der Waals surface area contributed by atoms with Crippen molar-refractivity contribution in [1.82, 2.24) is 0 Å². The molecule has 0 aromatic carbocycles. The molecule has 1 fully saturated rings. The molecular weight excluding hydrogens is 624 g/mol. The summed E-state index contributed by atoms with van der Waals surface area (Å²) >= 11 is 22.9. The minimum atomic E-state index is 0.560. The normalized spacial score (nSPS) is 45.0. The van der Waals surface area contributed by atoms with E-state index in [2.05, 4.69) is 95.6 Å². The molecule has 0 nitrogen and oxygen atoms in total. The minimum absolute atomic E-state index is 0.560. The van der Waals surface area contributed by atoms with E-state index in [4.69, 9.17) is 0 Å². The maximum Gasteiger partial charge on any atom is 0.0271 e. The molecule has 1 rings (SSSR count). The molecule has 0 amide bonds. The molecule has 0 aromatic heterocycles. The predicted octanol–water partition coefficient (Wildman–Crippen LogP) is 6.92. The number of hydrogen-bond acceptors (Lipinski definition) is 0. The van der Waals surface area contributed by atoms with Crippen LogP contribution in [0.2, 0.25) is 0 Å². The van der Waals surface area contributed by atoms with Crippen molar-refractivity contribution >= 4 is 95.6 Å². The number of alkyl halides is 6. The van der Waals surface area contributed by atoms with Gasteiger partial charge in [-0.05, 0) is 38.5 Å². The average Bonchev–Trinajstić information content (AvgIpc) is 2.36. The molecular formula is C12H18Br6. The third-order valence-electron chi connectivity index (χ3n) is 3.33. The standard InChI is InChI=1S/C12H18Br6/c13-7-1-2-8(14)10(16)5-6-12(18)11(17)4-3-9(7)15/h7-12H,1-6H2/t7-,8-,9-,10+,11-,12?/m1/s1. The summed E-state index contributed by atoms with van der Waals surface area (Å²) in [7, 11) is 0. The first-order valence-corrected chi connectivity index (χ1v) is 11.8. The van der Waals surface area contributed by atoms with Crippen LogP contribution in [0.25, 0.3) is 0 Å². The third kappa shape index (κ3) is 6.76. The van der Waals surface area contributed by atoms with E-state index >= 15 is 0 Å². The van der Waals surface area contributed by atoms with Gasteiger partial charge in [-0.3, -0.25) is 0 Å². The summed E-state index contributed by atoms with van der Waals surface area (Å²) in [6.07, 6.45) is 7.24. The first kappa shape index (κ1) is 18.9. The Kier molecular flexibility index (Phi) is 10.3. The summed E-state index contributed by atoms with van der Waals surface area (Å²) in [6.45, 7) is 0. The topological polar surface area (TPSA) is 0 Å².